The fraction of sp³-hybridized carbons (Fsp3) is 0.222. The number of carbonyl (C=O) groups is 1. The molecule has 0 fully saturated rings. The van der Waals surface area contributed by atoms with Crippen molar-refractivity contribution in [1.82, 2.24) is 5.43 Å². The van der Waals surface area contributed by atoms with Gasteiger partial charge in [-0.15, -0.1) is 0 Å². The van der Waals surface area contributed by atoms with Crippen LogP contribution in [0.3, 0.4) is 0 Å². The van der Waals surface area contributed by atoms with Gasteiger partial charge in [-0.05, 0) is 74.8 Å². The van der Waals surface area contributed by atoms with Crippen LogP contribution in [0.4, 0.5) is 0 Å². The van der Waals surface area contributed by atoms with Gasteiger partial charge >= 0.3 is 0 Å². The highest BCUT2D eigenvalue weighted by Gasteiger charge is 2.11. The first kappa shape index (κ1) is 19.7. The highest BCUT2D eigenvalue weighted by molar-refractivity contribution is 14.1. The number of hydrogen-bond acceptors (Lipinski definition) is 4. The fourth-order valence-corrected chi connectivity index (χ4v) is 3.28. The number of halogens is 2. The number of benzene rings is 2. The standard InChI is InChI=1S/C18H18BrIN2O3/c1-3-8-25-17-15(20)9-12(10-16(17)24-2)11-21-22-18(23)13-6-4-5-7-14(13)19/h4-7,9-11H,3,8H2,1-2H3,(H,22,23)/b21-11-. The zero-order chi connectivity index (χ0) is 18.2. The second-order valence-corrected chi connectivity index (χ2v) is 7.08. The largest absolute Gasteiger partial charge is 0.493 e. The lowest BCUT2D eigenvalue weighted by molar-refractivity contribution is 0.0954. The Labute approximate surface area is 169 Å². The summed E-state index contributed by atoms with van der Waals surface area (Å²) in [7, 11) is 1.60. The third kappa shape index (κ3) is 5.43. The molecule has 1 amide bonds. The van der Waals surface area contributed by atoms with E-state index in [2.05, 4.69) is 49.0 Å². The van der Waals surface area contributed by atoms with Crippen LogP contribution in [0.5, 0.6) is 11.5 Å². The molecule has 1 N–H and O–H groups in total. The minimum Gasteiger partial charge on any atom is -0.493 e. The van der Waals surface area contributed by atoms with E-state index in [1.54, 1.807) is 31.5 Å². The average Bonchev–Trinajstić information content (AvgIpc) is 2.60. The topological polar surface area (TPSA) is 59.9 Å². The van der Waals surface area contributed by atoms with Gasteiger partial charge in [-0.25, -0.2) is 5.43 Å². The molecule has 2 rings (SSSR count). The highest BCUT2D eigenvalue weighted by Crippen LogP contribution is 2.33. The van der Waals surface area contributed by atoms with Crippen molar-refractivity contribution in [2.75, 3.05) is 13.7 Å². The molecule has 0 aliphatic carbocycles. The summed E-state index contributed by atoms with van der Waals surface area (Å²) in [5.41, 5.74) is 3.85. The summed E-state index contributed by atoms with van der Waals surface area (Å²) < 4.78 is 12.8. The number of amides is 1. The number of nitrogens with one attached hydrogen (secondary N) is 1. The van der Waals surface area contributed by atoms with Gasteiger partial charge in [0.05, 0.1) is 29.1 Å². The number of hydrazone groups is 1. The molecule has 0 aliphatic heterocycles. The molecule has 0 unspecified atom stereocenters. The number of rotatable bonds is 7. The second kappa shape index (κ2) is 9.76. The minimum absolute atomic E-state index is 0.284. The van der Waals surface area contributed by atoms with E-state index in [0.717, 1.165) is 25.8 Å². The number of carbonyl (C=O) groups excluding carboxylic acids is 1. The maximum atomic E-state index is 12.1. The van der Waals surface area contributed by atoms with Gasteiger partial charge in [0.25, 0.3) is 5.91 Å². The summed E-state index contributed by atoms with van der Waals surface area (Å²) in [6, 6.07) is 10.9. The maximum absolute atomic E-state index is 12.1. The van der Waals surface area contributed by atoms with E-state index in [0.29, 0.717) is 17.9 Å². The van der Waals surface area contributed by atoms with Crippen LogP contribution in [0.1, 0.15) is 29.3 Å². The lowest BCUT2D eigenvalue weighted by atomic mass is 10.2. The molecule has 0 spiro atoms. The molecular weight excluding hydrogens is 499 g/mol. The molecule has 0 radical (unpaired) electrons. The van der Waals surface area contributed by atoms with Crippen molar-refractivity contribution in [3.8, 4) is 11.5 Å². The van der Waals surface area contributed by atoms with Crippen LogP contribution in [0.2, 0.25) is 0 Å². The van der Waals surface area contributed by atoms with Crippen LogP contribution in [0.15, 0.2) is 46.0 Å². The van der Waals surface area contributed by atoms with Gasteiger partial charge in [-0.1, -0.05) is 19.1 Å². The Bertz CT molecular complexity index is 781. The van der Waals surface area contributed by atoms with Crippen LogP contribution in [-0.2, 0) is 0 Å². The number of hydrogen-bond donors (Lipinski definition) is 1. The molecule has 0 aromatic heterocycles. The molecule has 0 bridgehead atoms. The molecule has 132 valence electrons. The normalized spacial score (nSPS) is 10.7. The average molecular weight is 517 g/mol. The van der Waals surface area contributed by atoms with Gasteiger partial charge < -0.3 is 9.47 Å². The molecule has 2 aromatic carbocycles. The Balaban J connectivity index is 2.12. The van der Waals surface area contributed by atoms with Crippen LogP contribution >= 0.6 is 38.5 Å². The third-order valence-corrected chi connectivity index (χ3v) is 4.69. The molecule has 25 heavy (non-hydrogen) atoms. The van der Waals surface area contributed by atoms with Crippen LogP contribution in [0, 0.1) is 3.57 Å². The predicted molar refractivity (Wildman–Crippen MR) is 111 cm³/mol. The third-order valence-electron chi connectivity index (χ3n) is 3.20. The Kier molecular flexibility index (Phi) is 7.70. The summed E-state index contributed by atoms with van der Waals surface area (Å²) >= 11 is 5.54. The predicted octanol–water partition coefficient (Wildman–Crippen LogP) is 4.62. The number of nitrogens with zero attached hydrogens (tertiary/aromatic N) is 1. The van der Waals surface area contributed by atoms with Crippen molar-refractivity contribution >= 4 is 50.6 Å². The summed E-state index contributed by atoms with van der Waals surface area (Å²) in [6.45, 7) is 2.68. The summed E-state index contributed by atoms with van der Waals surface area (Å²) in [4.78, 5) is 12.1. The minimum atomic E-state index is -0.284. The van der Waals surface area contributed by atoms with Crippen molar-refractivity contribution in [3.63, 3.8) is 0 Å². The lowest BCUT2D eigenvalue weighted by Gasteiger charge is -2.12. The van der Waals surface area contributed by atoms with E-state index in [4.69, 9.17) is 9.47 Å². The zero-order valence-corrected chi connectivity index (χ0v) is 17.6. The molecule has 5 nitrogen and oxygen atoms in total. The van der Waals surface area contributed by atoms with Crippen LogP contribution in [0.25, 0.3) is 0 Å². The first-order valence-corrected chi connectivity index (χ1v) is 9.52. The van der Waals surface area contributed by atoms with Gasteiger partial charge in [0, 0.05) is 4.47 Å². The van der Waals surface area contributed by atoms with E-state index >= 15 is 0 Å². The first-order chi connectivity index (χ1) is 12.1. The fourth-order valence-electron chi connectivity index (χ4n) is 2.03. The quantitative estimate of drug-likeness (QED) is 0.332. The molecule has 0 saturated heterocycles. The smallest absolute Gasteiger partial charge is 0.272 e. The van der Waals surface area contributed by atoms with Crippen molar-refractivity contribution in [2.45, 2.75) is 13.3 Å². The van der Waals surface area contributed by atoms with Gasteiger partial charge in [0.15, 0.2) is 11.5 Å². The molecule has 2 aromatic rings. The molecule has 0 saturated carbocycles. The molecular formula is C18H18BrIN2O3. The van der Waals surface area contributed by atoms with E-state index in [-0.39, 0.29) is 5.91 Å². The Hall–Kier alpha value is -1.61. The lowest BCUT2D eigenvalue weighted by Crippen LogP contribution is -2.18. The Morgan fingerprint density at radius 3 is 2.80 bits per heavy atom. The van der Waals surface area contributed by atoms with Gasteiger partial charge in [-0.2, -0.15) is 5.10 Å². The monoisotopic (exact) mass is 516 g/mol. The second-order valence-electron chi connectivity index (χ2n) is 5.06. The van der Waals surface area contributed by atoms with Gasteiger partial charge in [-0.3, -0.25) is 4.79 Å². The number of ether oxygens (including phenoxy) is 2. The summed E-state index contributed by atoms with van der Waals surface area (Å²) in [6.07, 6.45) is 2.49. The van der Waals surface area contributed by atoms with E-state index in [1.807, 2.05) is 25.1 Å². The van der Waals surface area contributed by atoms with Gasteiger partial charge in [0.1, 0.15) is 0 Å². The first-order valence-electron chi connectivity index (χ1n) is 7.65. The molecule has 0 atom stereocenters. The maximum Gasteiger partial charge on any atom is 0.272 e. The Morgan fingerprint density at radius 2 is 2.12 bits per heavy atom. The van der Waals surface area contributed by atoms with Gasteiger partial charge in [0.2, 0.25) is 0 Å². The SMILES string of the molecule is CCCOc1c(I)cc(/C=N\NC(=O)c2ccccc2Br)cc1OC. The van der Waals surface area contributed by atoms with Crippen molar-refractivity contribution < 1.29 is 14.3 Å². The zero-order valence-electron chi connectivity index (χ0n) is 13.9. The molecule has 7 heteroatoms. The van der Waals surface area contributed by atoms with Crippen molar-refractivity contribution in [1.29, 1.82) is 0 Å². The van der Waals surface area contributed by atoms with Crippen LogP contribution in [-0.4, -0.2) is 25.8 Å². The van der Waals surface area contributed by atoms with Crippen LogP contribution < -0.4 is 14.9 Å². The highest BCUT2D eigenvalue weighted by atomic mass is 127. The summed E-state index contributed by atoms with van der Waals surface area (Å²) in [5, 5.41) is 4.02. The van der Waals surface area contributed by atoms with Crippen molar-refractivity contribution in [3.05, 3.63) is 55.6 Å². The molecule has 0 heterocycles. The van der Waals surface area contributed by atoms with E-state index < -0.39 is 0 Å². The van der Waals surface area contributed by atoms with E-state index in [1.165, 1.54) is 0 Å². The Morgan fingerprint density at radius 1 is 1.36 bits per heavy atom. The summed E-state index contributed by atoms with van der Waals surface area (Å²) in [5.74, 6) is 1.08. The van der Waals surface area contributed by atoms with E-state index in [9.17, 15) is 4.79 Å². The van der Waals surface area contributed by atoms with Crippen molar-refractivity contribution in [2.24, 2.45) is 5.10 Å². The number of methoxy groups -OCH3 is 1. The molecule has 0 aliphatic rings.